The molecule has 0 amide bonds. The van der Waals surface area contributed by atoms with Gasteiger partial charge in [-0.2, -0.15) is 0 Å². The largest absolute Gasteiger partial charge is 0.458 e. The van der Waals surface area contributed by atoms with Crippen LogP contribution in [0.15, 0.2) is 49.8 Å². The Morgan fingerprint density at radius 2 is 1.97 bits per heavy atom. The standard InChI is InChI=1S/C29H34ClN3O4.ClH/c1-4-29(36)12-18-10-25-26-21(14-33(25)27(34)22(18)15-37-28(29)35)20(13-32-7-5-16(2)6-8-32)19-9-17(3)23(30)11-24(19)31-26;/h9-11,16,19,24,36H,4-8,12-15H2,1-3H3;1H/t19?,24?,29-;/m0./s1. The molecule has 4 aliphatic heterocycles. The van der Waals surface area contributed by atoms with Crippen molar-refractivity contribution in [2.45, 2.75) is 71.2 Å². The van der Waals surface area contributed by atoms with Gasteiger partial charge < -0.3 is 14.4 Å². The maximum Gasteiger partial charge on any atom is 0.338 e. The Hall–Kier alpha value is -2.19. The van der Waals surface area contributed by atoms with Gasteiger partial charge in [-0.25, -0.2) is 4.79 Å². The van der Waals surface area contributed by atoms with Gasteiger partial charge in [0.1, 0.15) is 6.61 Å². The molecular weight excluding hydrogens is 525 g/mol. The highest BCUT2D eigenvalue weighted by Gasteiger charge is 2.43. The molecule has 0 bridgehead atoms. The van der Waals surface area contributed by atoms with Crippen LogP contribution in [0, 0.1) is 11.8 Å². The number of cyclic esters (lactones) is 1. The number of aliphatic imine (C=N–C) groups is 1. The van der Waals surface area contributed by atoms with Crippen LogP contribution in [0.1, 0.15) is 56.9 Å². The number of nitrogens with zero attached hydrogens (tertiary/aromatic N) is 3. The molecular formula is C29H35Cl2N3O4. The number of carbonyl (C=O) groups is 1. The zero-order valence-corrected chi connectivity index (χ0v) is 23.7. The predicted octanol–water partition coefficient (Wildman–Crippen LogP) is 3.92. The van der Waals surface area contributed by atoms with E-state index in [2.05, 4.69) is 17.9 Å². The molecule has 2 unspecified atom stereocenters. The minimum atomic E-state index is -1.63. The van der Waals surface area contributed by atoms with Crippen molar-refractivity contribution in [2.75, 3.05) is 19.6 Å². The van der Waals surface area contributed by atoms with Gasteiger partial charge in [-0.1, -0.05) is 31.5 Å². The lowest BCUT2D eigenvalue weighted by Gasteiger charge is -2.37. The molecule has 38 heavy (non-hydrogen) atoms. The second-order valence-electron chi connectivity index (χ2n) is 11.4. The highest BCUT2D eigenvalue weighted by molar-refractivity contribution is 6.32. The van der Waals surface area contributed by atoms with E-state index in [-0.39, 0.29) is 49.4 Å². The Morgan fingerprint density at radius 1 is 1.24 bits per heavy atom. The minimum Gasteiger partial charge on any atom is -0.458 e. The number of pyridine rings is 1. The summed E-state index contributed by atoms with van der Waals surface area (Å²) in [5.41, 5.74) is 4.41. The SMILES string of the molecule is CC[C@]1(O)Cc2cc3n(c(=O)c2COC1=O)CC1=C(CN2CCC(C)CC2)C2C=C(C)C(Cl)=CC2N=C13.Cl. The summed E-state index contributed by atoms with van der Waals surface area (Å²) in [6, 6.07) is 1.83. The van der Waals surface area contributed by atoms with E-state index >= 15 is 0 Å². The van der Waals surface area contributed by atoms with Crippen molar-refractivity contribution in [3.05, 3.63) is 67.1 Å². The van der Waals surface area contributed by atoms with E-state index in [9.17, 15) is 14.7 Å². The fourth-order valence-electron chi connectivity index (χ4n) is 6.39. The summed E-state index contributed by atoms with van der Waals surface area (Å²) in [5, 5.41) is 11.7. The van der Waals surface area contributed by atoms with Crippen LogP contribution in [0.2, 0.25) is 0 Å². The third kappa shape index (κ3) is 4.41. The van der Waals surface area contributed by atoms with E-state index in [1.807, 2.05) is 19.1 Å². The molecule has 5 heterocycles. The maximum atomic E-state index is 13.7. The lowest BCUT2D eigenvalue weighted by Crippen LogP contribution is -2.40. The number of esters is 1. The van der Waals surface area contributed by atoms with Crippen molar-refractivity contribution in [1.82, 2.24) is 9.47 Å². The Bertz CT molecular complexity index is 1370. The topological polar surface area (TPSA) is 84.1 Å². The molecule has 6 rings (SSSR count). The third-order valence-corrected chi connectivity index (χ3v) is 9.39. The van der Waals surface area contributed by atoms with Crippen molar-refractivity contribution in [1.29, 1.82) is 0 Å². The molecule has 3 atom stereocenters. The molecule has 9 heteroatoms. The van der Waals surface area contributed by atoms with E-state index in [4.69, 9.17) is 21.3 Å². The van der Waals surface area contributed by atoms with Gasteiger partial charge in [-0.3, -0.25) is 14.7 Å². The van der Waals surface area contributed by atoms with E-state index < -0.39 is 11.6 Å². The van der Waals surface area contributed by atoms with Crippen LogP contribution in [0.4, 0.5) is 0 Å². The first kappa shape index (κ1) is 27.4. The van der Waals surface area contributed by atoms with Gasteiger partial charge in [0.25, 0.3) is 5.56 Å². The second-order valence-corrected chi connectivity index (χ2v) is 11.8. The lowest BCUT2D eigenvalue weighted by atomic mass is 9.79. The quantitative estimate of drug-likeness (QED) is 0.567. The zero-order chi connectivity index (χ0) is 26.1. The molecule has 1 aromatic heterocycles. The van der Waals surface area contributed by atoms with Crippen molar-refractivity contribution in [2.24, 2.45) is 16.8 Å². The second kappa shape index (κ2) is 10.1. The van der Waals surface area contributed by atoms with Crippen molar-refractivity contribution in [3.63, 3.8) is 0 Å². The van der Waals surface area contributed by atoms with Gasteiger partial charge in [-0.05, 0) is 74.0 Å². The van der Waals surface area contributed by atoms with Gasteiger partial charge in [0, 0.05) is 29.5 Å². The Balaban J connectivity index is 0.00000294. The molecule has 1 aromatic rings. The number of hydrogen-bond acceptors (Lipinski definition) is 6. The number of rotatable bonds is 3. The highest BCUT2D eigenvalue weighted by atomic mass is 35.5. The smallest absolute Gasteiger partial charge is 0.338 e. The van der Waals surface area contributed by atoms with Crippen LogP contribution < -0.4 is 5.56 Å². The molecule has 204 valence electrons. The first-order chi connectivity index (χ1) is 17.7. The number of aliphatic hydroxyl groups is 1. The van der Waals surface area contributed by atoms with E-state index in [0.717, 1.165) is 53.1 Å². The molecule has 0 saturated carbocycles. The normalized spacial score (nSPS) is 29.1. The first-order valence-electron chi connectivity index (χ1n) is 13.4. The number of ether oxygens (including phenoxy) is 1. The monoisotopic (exact) mass is 559 g/mol. The Morgan fingerprint density at radius 3 is 2.68 bits per heavy atom. The number of piperidine rings is 1. The lowest BCUT2D eigenvalue weighted by molar-refractivity contribution is -0.166. The number of aromatic nitrogens is 1. The molecule has 0 radical (unpaired) electrons. The molecule has 1 aliphatic carbocycles. The minimum absolute atomic E-state index is 0. The number of dihydropyridines is 1. The average Bonchev–Trinajstić information content (AvgIpc) is 3.17. The number of fused-ring (bicyclic) bond motifs is 5. The molecule has 1 saturated heterocycles. The van der Waals surface area contributed by atoms with Gasteiger partial charge in [-0.15, -0.1) is 12.4 Å². The highest BCUT2D eigenvalue weighted by Crippen LogP contribution is 2.41. The molecule has 7 nitrogen and oxygen atoms in total. The Labute approximate surface area is 234 Å². The molecule has 1 fully saturated rings. The van der Waals surface area contributed by atoms with Crippen molar-refractivity contribution in [3.8, 4) is 0 Å². The van der Waals surface area contributed by atoms with Gasteiger partial charge in [0.2, 0.25) is 0 Å². The summed E-state index contributed by atoms with van der Waals surface area (Å²) >= 11 is 6.55. The van der Waals surface area contributed by atoms with Gasteiger partial charge in [0.15, 0.2) is 5.60 Å². The van der Waals surface area contributed by atoms with E-state index in [1.54, 1.807) is 11.5 Å². The number of likely N-dealkylation sites (tertiary alicyclic amines) is 1. The maximum absolute atomic E-state index is 13.7. The number of carbonyl (C=O) groups excluding carboxylic acids is 1. The Kier molecular flexibility index (Phi) is 7.27. The summed E-state index contributed by atoms with van der Waals surface area (Å²) in [4.78, 5) is 33.9. The van der Waals surface area contributed by atoms with Gasteiger partial charge in [0.05, 0.1) is 29.6 Å². The molecule has 0 aromatic carbocycles. The fraction of sp³-hybridized carbons (Fsp3) is 0.552. The summed E-state index contributed by atoms with van der Waals surface area (Å²) in [6.07, 6.45) is 6.95. The number of hydrogen-bond donors (Lipinski definition) is 1. The van der Waals surface area contributed by atoms with Crippen LogP contribution in [-0.2, 0) is 29.1 Å². The van der Waals surface area contributed by atoms with Crippen LogP contribution in [-0.4, -0.2) is 57.5 Å². The van der Waals surface area contributed by atoms with Crippen LogP contribution in [0.5, 0.6) is 0 Å². The van der Waals surface area contributed by atoms with Crippen LogP contribution in [0.3, 0.4) is 0 Å². The van der Waals surface area contributed by atoms with Crippen molar-refractivity contribution < 1.29 is 14.6 Å². The van der Waals surface area contributed by atoms with E-state index in [1.165, 1.54) is 18.4 Å². The fourth-order valence-corrected chi connectivity index (χ4v) is 6.58. The summed E-state index contributed by atoms with van der Waals surface area (Å²) in [5.74, 6) is 0.204. The third-order valence-electron chi connectivity index (χ3n) is 8.96. The van der Waals surface area contributed by atoms with Crippen LogP contribution in [0.25, 0.3) is 0 Å². The van der Waals surface area contributed by atoms with Crippen molar-refractivity contribution >= 4 is 35.7 Å². The predicted molar refractivity (Wildman–Crippen MR) is 150 cm³/mol. The molecule has 0 spiro atoms. The average molecular weight is 561 g/mol. The van der Waals surface area contributed by atoms with Gasteiger partial charge >= 0.3 is 5.97 Å². The zero-order valence-electron chi connectivity index (χ0n) is 22.1. The number of allylic oxidation sites excluding steroid dienone is 3. The summed E-state index contributed by atoms with van der Waals surface area (Å²) in [7, 11) is 0. The number of halogens is 2. The summed E-state index contributed by atoms with van der Waals surface area (Å²) in [6.45, 7) is 9.45. The molecule has 5 aliphatic rings. The molecule has 1 N–H and O–H groups in total. The first-order valence-corrected chi connectivity index (χ1v) is 13.8. The van der Waals surface area contributed by atoms with E-state index in [0.29, 0.717) is 17.7 Å². The van der Waals surface area contributed by atoms with Crippen LogP contribution >= 0.6 is 24.0 Å². The summed E-state index contributed by atoms with van der Waals surface area (Å²) < 4.78 is 7.12.